The van der Waals surface area contributed by atoms with Crippen molar-refractivity contribution in [3.8, 4) is 5.75 Å². The molecule has 2 heterocycles. The third-order valence-corrected chi connectivity index (χ3v) is 3.12. The van der Waals surface area contributed by atoms with Gasteiger partial charge in [0.15, 0.2) is 11.0 Å². The van der Waals surface area contributed by atoms with Crippen LogP contribution in [0.4, 0.5) is 0 Å². The molecule has 19 heavy (non-hydrogen) atoms. The molecule has 0 saturated carbocycles. The Morgan fingerprint density at radius 2 is 2.32 bits per heavy atom. The van der Waals surface area contributed by atoms with Crippen molar-refractivity contribution in [2.75, 3.05) is 13.7 Å². The molecule has 1 N–H and O–H groups in total. The Bertz CT molecular complexity index is 536. The summed E-state index contributed by atoms with van der Waals surface area (Å²) < 4.78 is 12.7. The van der Waals surface area contributed by atoms with Gasteiger partial charge in [-0.1, -0.05) is 6.92 Å². The summed E-state index contributed by atoms with van der Waals surface area (Å²) in [5.74, 6) is 1.48. The second kappa shape index (κ2) is 6.12. The van der Waals surface area contributed by atoms with Crippen molar-refractivity contribution in [1.29, 1.82) is 0 Å². The zero-order chi connectivity index (χ0) is 13.8. The predicted molar refractivity (Wildman–Crippen MR) is 73.6 cm³/mol. The van der Waals surface area contributed by atoms with Gasteiger partial charge in [0.05, 0.1) is 13.3 Å². The maximum Gasteiger partial charge on any atom is 0.193 e. The second-order valence-electron chi connectivity index (χ2n) is 4.25. The molecule has 0 fully saturated rings. The smallest absolute Gasteiger partial charge is 0.193 e. The van der Waals surface area contributed by atoms with Crippen molar-refractivity contribution < 1.29 is 9.15 Å². The minimum atomic E-state index is -0.130. The summed E-state index contributed by atoms with van der Waals surface area (Å²) in [5, 5.41) is 8.02. The van der Waals surface area contributed by atoms with E-state index in [1.54, 1.807) is 24.1 Å². The molecule has 2 rings (SSSR count). The van der Waals surface area contributed by atoms with E-state index < -0.39 is 0 Å². The zero-order valence-corrected chi connectivity index (χ0v) is 12.1. The van der Waals surface area contributed by atoms with Gasteiger partial charge in [0.25, 0.3) is 0 Å². The number of nitrogens with zero attached hydrogens (tertiary/aromatic N) is 2. The van der Waals surface area contributed by atoms with Crippen LogP contribution in [0.3, 0.4) is 0 Å². The average Bonchev–Trinajstić information content (AvgIpc) is 2.98. The molecule has 104 valence electrons. The fraction of sp³-hybridized carbons (Fsp3) is 0.462. The number of aryl methyl sites for hydroxylation is 1. The molecular weight excluding hydrogens is 266 g/mol. The lowest BCUT2D eigenvalue weighted by molar-refractivity contribution is 0.386. The number of hydrogen-bond donors (Lipinski definition) is 1. The summed E-state index contributed by atoms with van der Waals surface area (Å²) in [7, 11) is 3.51. The molecule has 2 aromatic heterocycles. The number of furan rings is 1. The van der Waals surface area contributed by atoms with Crippen molar-refractivity contribution in [3.63, 3.8) is 0 Å². The van der Waals surface area contributed by atoms with E-state index in [0.29, 0.717) is 5.22 Å². The molecular formula is C13H18ClN3O2. The number of halogens is 1. The standard InChI is InChI=1S/C13H18ClN3O2/c1-4-7-15-12(9-5-6-11(14)19-9)13-10(18-3)8-16-17(13)2/h5-6,8,12,15H,4,7H2,1-3H3. The van der Waals surface area contributed by atoms with Gasteiger partial charge in [0.2, 0.25) is 0 Å². The van der Waals surface area contributed by atoms with Gasteiger partial charge in [-0.05, 0) is 36.7 Å². The first-order valence-corrected chi connectivity index (χ1v) is 6.59. The highest BCUT2D eigenvalue weighted by Gasteiger charge is 2.24. The van der Waals surface area contributed by atoms with E-state index >= 15 is 0 Å². The van der Waals surface area contributed by atoms with Crippen molar-refractivity contribution >= 4 is 11.6 Å². The normalized spacial score (nSPS) is 12.6. The first-order valence-electron chi connectivity index (χ1n) is 6.21. The minimum Gasteiger partial charge on any atom is -0.493 e. The fourth-order valence-corrected chi connectivity index (χ4v) is 2.17. The lowest BCUT2D eigenvalue weighted by Gasteiger charge is -2.18. The molecule has 0 aliphatic carbocycles. The van der Waals surface area contributed by atoms with Crippen LogP contribution < -0.4 is 10.1 Å². The van der Waals surface area contributed by atoms with Crippen molar-refractivity contribution in [2.45, 2.75) is 19.4 Å². The molecule has 0 aliphatic rings. The molecule has 0 radical (unpaired) electrons. The molecule has 1 unspecified atom stereocenters. The Hall–Kier alpha value is -1.46. The van der Waals surface area contributed by atoms with E-state index in [1.165, 1.54) is 0 Å². The Morgan fingerprint density at radius 1 is 1.53 bits per heavy atom. The first-order chi connectivity index (χ1) is 9.17. The molecule has 0 saturated heterocycles. The lowest BCUT2D eigenvalue weighted by Crippen LogP contribution is -2.25. The fourth-order valence-electron chi connectivity index (χ4n) is 2.02. The van der Waals surface area contributed by atoms with Gasteiger partial charge in [0.1, 0.15) is 17.5 Å². The van der Waals surface area contributed by atoms with Crippen LogP contribution in [0.25, 0.3) is 0 Å². The predicted octanol–water partition coefficient (Wildman–Crippen LogP) is 2.76. The van der Waals surface area contributed by atoms with Crippen LogP contribution in [0, 0.1) is 0 Å². The van der Waals surface area contributed by atoms with Gasteiger partial charge in [-0.3, -0.25) is 4.68 Å². The van der Waals surface area contributed by atoms with E-state index in [0.717, 1.165) is 30.2 Å². The number of nitrogens with one attached hydrogen (secondary N) is 1. The molecule has 1 atom stereocenters. The highest BCUT2D eigenvalue weighted by Crippen LogP contribution is 2.31. The lowest BCUT2D eigenvalue weighted by atomic mass is 10.1. The highest BCUT2D eigenvalue weighted by atomic mass is 35.5. The SMILES string of the molecule is CCCNC(c1ccc(Cl)o1)c1c(OC)cnn1C. The van der Waals surface area contributed by atoms with Gasteiger partial charge in [-0.2, -0.15) is 5.10 Å². The van der Waals surface area contributed by atoms with Gasteiger partial charge in [0, 0.05) is 7.05 Å². The van der Waals surface area contributed by atoms with Crippen LogP contribution in [0.2, 0.25) is 5.22 Å². The first kappa shape index (κ1) is 14.0. The van der Waals surface area contributed by atoms with E-state index in [9.17, 15) is 0 Å². The van der Waals surface area contributed by atoms with Crippen molar-refractivity contribution in [2.24, 2.45) is 7.05 Å². The van der Waals surface area contributed by atoms with Crippen LogP contribution >= 0.6 is 11.6 Å². The molecule has 0 aromatic carbocycles. The van der Waals surface area contributed by atoms with Crippen LogP contribution in [-0.2, 0) is 7.05 Å². The Kier molecular flexibility index (Phi) is 4.50. The molecule has 0 aliphatic heterocycles. The summed E-state index contributed by atoms with van der Waals surface area (Å²) in [5.41, 5.74) is 0.918. The highest BCUT2D eigenvalue weighted by molar-refractivity contribution is 6.28. The molecule has 0 bridgehead atoms. The maximum absolute atomic E-state index is 5.87. The second-order valence-corrected chi connectivity index (χ2v) is 4.62. The van der Waals surface area contributed by atoms with Crippen molar-refractivity contribution in [3.05, 3.63) is 35.0 Å². The summed E-state index contributed by atoms with van der Waals surface area (Å²) in [6, 6.07) is 3.47. The summed E-state index contributed by atoms with van der Waals surface area (Å²) in [4.78, 5) is 0. The van der Waals surface area contributed by atoms with E-state index in [4.69, 9.17) is 20.8 Å². The molecule has 0 amide bonds. The summed E-state index contributed by atoms with van der Waals surface area (Å²) in [6.45, 7) is 2.97. The van der Waals surface area contributed by atoms with Gasteiger partial charge in [-0.15, -0.1) is 0 Å². The Morgan fingerprint density at radius 3 is 2.89 bits per heavy atom. The van der Waals surface area contributed by atoms with Crippen LogP contribution in [0.5, 0.6) is 5.75 Å². The number of hydrogen-bond acceptors (Lipinski definition) is 4. The minimum absolute atomic E-state index is 0.130. The maximum atomic E-state index is 5.87. The molecule has 5 nitrogen and oxygen atoms in total. The van der Waals surface area contributed by atoms with Gasteiger partial charge < -0.3 is 14.5 Å². The number of aromatic nitrogens is 2. The van der Waals surface area contributed by atoms with E-state index in [2.05, 4.69) is 17.3 Å². The average molecular weight is 284 g/mol. The number of methoxy groups -OCH3 is 1. The Labute approximate surface area is 117 Å². The monoisotopic (exact) mass is 283 g/mol. The van der Waals surface area contributed by atoms with Crippen LogP contribution in [0.1, 0.15) is 30.8 Å². The summed E-state index contributed by atoms with van der Waals surface area (Å²) >= 11 is 5.87. The molecule has 6 heteroatoms. The Balaban J connectivity index is 2.39. The largest absolute Gasteiger partial charge is 0.493 e. The molecule has 2 aromatic rings. The topological polar surface area (TPSA) is 52.2 Å². The van der Waals surface area contributed by atoms with Gasteiger partial charge in [-0.25, -0.2) is 0 Å². The third-order valence-electron chi connectivity index (χ3n) is 2.92. The van der Waals surface area contributed by atoms with E-state index in [1.807, 2.05) is 13.1 Å². The van der Waals surface area contributed by atoms with Crippen LogP contribution in [-0.4, -0.2) is 23.4 Å². The summed E-state index contributed by atoms with van der Waals surface area (Å²) in [6.07, 6.45) is 2.71. The van der Waals surface area contributed by atoms with E-state index in [-0.39, 0.29) is 6.04 Å². The zero-order valence-electron chi connectivity index (χ0n) is 11.3. The number of rotatable bonds is 6. The van der Waals surface area contributed by atoms with Gasteiger partial charge >= 0.3 is 0 Å². The third kappa shape index (κ3) is 2.93. The number of ether oxygens (including phenoxy) is 1. The molecule has 0 spiro atoms. The quantitative estimate of drug-likeness (QED) is 0.886. The van der Waals surface area contributed by atoms with Crippen molar-refractivity contribution in [1.82, 2.24) is 15.1 Å². The van der Waals surface area contributed by atoms with Crippen LogP contribution in [0.15, 0.2) is 22.7 Å².